The van der Waals surface area contributed by atoms with Crippen LogP contribution in [0, 0.1) is 0 Å². The van der Waals surface area contributed by atoms with Gasteiger partial charge in [0.25, 0.3) is 0 Å². The Bertz CT molecular complexity index is 633. The fraction of sp³-hybridized carbons (Fsp3) is 0.421. The molecule has 1 aromatic carbocycles. The minimum Gasteiger partial charge on any atom is -0.353 e. The van der Waals surface area contributed by atoms with Crippen LogP contribution in [0.2, 0.25) is 0 Å². The molecule has 0 saturated heterocycles. The number of carbonyl (C=O) groups excluding carboxylic acids is 1. The summed E-state index contributed by atoms with van der Waals surface area (Å²) in [5.41, 5.74) is 0.842. The van der Waals surface area contributed by atoms with Crippen molar-refractivity contribution in [2.24, 2.45) is 0 Å². The van der Waals surface area contributed by atoms with E-state index in [0.29, 0.717) is 6.54 Å². The summed E-state index contributed by atoms with van der Waals surface area (Å²) in [4.78, 5) is 16.4. The number of thiophene rings is 1. The summed E-state index contributed by atoms with van der Waals surface area (Å²) in [7, 11) is 4.12. The highest BCUT2D eigenvalue weighted by Crippen LogP contribution is 2.44. The van der Waals surface area contributed by atoms with E-state index < -0.39 is 0 Å². The number of amides is 1. The van der Waals surface area contributed by atoms with E-state index in [1.807, 2.05) is 18.2 Å². The van der Waals surface area contributed by atoms with Gasteiger partial charge < -0.3 is 10.2 Å². The monoisotopic (exact) mass is 328 g/mol. The Hall–Kier alpha value is -1.65. The van der Waals surface area contributed by atoms with Crippen LogP contribution in [0.5, 0.6) is 0 Å². The molecule has 0 spiro atoms. The predicted octanol–water partition coefficient (Wildman–Crippen LogP) is 3.59. The van der Waals surface area contributed by atoms with Crippen LogP contribution < -0.4 is 5.32 Å². The van der Waals surface area contributed by atoms with Crippen molar-refractivity contribution in [3.8, 4) is 0 Å². The van der Waals surface area contributed by atoms with Crippen LogP contribution in [0.3, 0.4) is 0 Å². The molecule has 4 heteroatoms. The first-order valence-electron chi connectivity index (χ1n) is 8.17. The van der Waals surface area contributed by atoms with Crippen LogP contribution in [0.1, 0.15) is 35.7 Å². The molecule has 1 fully saturated rings. The third kappa shape index (κ3) is 3.19. The molecule has 3 nitrogen and oxygen atoms in total. The minimum absolute atomic E-state index is 0.179. The van der Waals surface area contributed by atoms with Gasteiger partial charge in [0.05, 0.1) is 11.5 Å². The van der Waals surface area contributed by atoms with Crippen molar-refractivity contribution < 1.29 is 4.79 Å². The molecule has 1 unspecified atom stereocenters. The van der Waals surface area contributed by atoms with E-state index in [2.05, 4.69) is 54.0 Å². The topological polar surface area (TPSA) is 32.3 Å². The molecule has 3 rings (SSSR count). The lowest BCUT2D eigenvalue weighted by molar-refractivity contribution is -0.130. The Kier molecular flexibility index (Phi) is 4.83. The van der Waals surface area contributed by atoms with Crippen molar-refractivity contribution in [3.05, 3.63) is 58.3 Å². The van der Waals surface area contributed by atoms with Crippen LogP contribution in [0.15, 0.2) is 47.8 Å². The molecule has 23 heavy (non-hydrogen) atoms. The molecule has 0 bridgehead atoms. The second-order valence-corrected chi connectivity index (χ2v) is 7.49. The summed E-state index contributed by atoms with van der Waals surface area (Å²) in [6.07, 6.45) is 3.04. The number of nitrogens with one attached hydrogen (secondary N) is 1. The highest BCUT2D eigenvalue weighted by Gasteiger charge is 2.45. The van der Waals surface area contributed by atoms with E-state index in [9.17, 15) is 4.79 Å². The normalized spacial score (nSPS) is 17.5. The van der Waals surface area contributed by atoms with Crippen LogP contribution in [-0.4, -0.2) is 31.4 Å². The molecule has 1 atom stereocenters. The summed E-state index contributed by atoms with van der Waals surface area (Å²) in [6.45, 7) is 0.654. The molecule has 1 aliphatic rings. The lowest BCUT2D eigenvalue weighted by Gasteiger charge is -2.41. The number of benzene rings is 1. The molecule has 1 amide bonds. The first-order valence-corrected chi connectivity index (χ1v) is 9.05. The molecular weight excluding hydrogens is 304 g/mol. The Balaban J connectivity index is 1.71. The molecule has 122 valence electrons. The Morgan fingerprint density at radius 3 is 2.48 bits per heavy atom. The van der Waals surface area contributed by atoms with Crippen molar-refractivity contribution in [1.29, 1.82) is 0 Å². The highest BCUT2D eigenvalue weighted by atomic mass is 32.1. The van der Waals surface area contributed by atoms with Gasteiger partial charge in [0.1, 0.15) is 0 Å². The van der Waals surface area contributed by atoms with Gasteiger partial charge in [-0.25, -0.2) is 0 Å². The zero-order valence-corrected chi connectivity index (χ0v) is 14.6. The van der Waals surface area contributed by atoms with E-state index in [-0.39, 0.29) is 17.4 Å². The van der Waals surface area contributed by atoms with Crippen molar-refractivity contribution >= 4 is 17.2 Å². The van der Waals surface area contributed by atoms with Crippen molar-refractivity contribution in [2.45, 2.75) is 30.7 Å². The third-order valence-corrected chi connectivity index (χ3v) is 5.89. The average Bonchev–Trinajstić information content (AvgIpc) is 3.01. The van der Waals surface area contributed by atoms with Crippen molar-refractivity contribution in [2.75, 3.05) is 20.6 Å². The van der Waals surface area contributed by atoms with Gasteiger partial charge in [-0.15, -0.1) is 11.3 Å². The first-order chi connectivity index (χ1) is 11.1. The van der Waals surface area contributed by atoms with Crippen LogP contribution in [0.4, 0.5) is 0 Å². The Morgan fingerprint density at radius 1 is 1.22 bits per heavy atom. The van der Waals surface area contributed by atoms with Gasteiger partial charge in [0.15, 0.2) is 0 Å². The van der Waals surface area contributed by atoms with Gasteiger partial charge in [-0.05, 0) is 43.9 Å². The lowest BCUT2D eigenvalue weighted by Crippen LogP contribution is -2.50. The zero-order valence-electron chi connectivity index (χ0n) is 13.8. The number of likely N-dealkylation sites (N-methyl/N-ethyl adjacent to an activating group) is 1. The molecule has 1 N–H and O–H groups in total. The number of hydrogen-bond acceptors (Lipinski definition) is 3. The molecule has 2 aromatic rings. The zero-order chi connectivity index (χ0) is 16.3. The van der Waals surface area contributed by atoms with Crippen LogP contribution >= 0.6 is 11.3 Å². The number of hydrogen-bond donors (Lipinski definition) is 1. The maximum absolute atomic E-state index is 12.9. The predicted molar refractivity (Wildman–Crippen MR) is 95.7 cm³/mol. The lowest BCUT2D eigenvalue weighted by atomic mass is 9.64. The molecule has 1 aromatic heterocycles. The number of carbonyl (C=O) groups is 1. The fourth-order valence-corrected chi connectivity index (χ4v) is 4.23. The van der Waals surface area contributed by atoms with Crippen molar-refractivity contribution in [1.82, 2.24) is 10.2 Å². The smallest absolute Gasteiger partial charge is 0.230 e. The summed E-state index contributed by atoms with van der Waals surface area (Å²) < 4.78 is 0. The van der Waals surface area contributed by atoms with E-state index in [1.54, 1.807) is 11.3 Å². The molecule has 1 heterocycles. The van der Waals surface area contributed by atoms with Gasteiger partial charge in [0, 0.05) is 11.4 Å². The molecule has 0 radical (unpaired) electrons. The second-order valence-electron chi connectivity index (χ2n) is 6.51. The van der Waals surface area contributed by atoms with E-state index in [4.69, 9.17) is 0 Å². The standard InChI is InChI=1S/C19H24N2OS/c1-21(2)16(17-10-6-13-23-17)14-20-18(22)19(11-7-12-19)15-8-4-3-5-9-15/h3-6,8-10,13,16H,7,11-12,14H2,1-2H3,(H,20,22). The van der Waals surface area contributed by atoms with Gasteiger partial charge >= 0.3 is 0 Å². The summed E-state index contributed by atoms with van der Waals surface area (Å²) in [5.74, 6) is 0.179. The first kappa shape index (κ1) is 16.2. The Morgan fingerprint density at radius 2 is 1.96 bits per heavy atom. The minimum atomic E-state index is -0.312. The van der Waals surface area contributed by atoms with Gasteiger partial charge in [-0.3, -0.25) is 4.79 Å². The highest BCUT2D eigenvalue weighted by molar-refractivity contribution is 7.10. The van der Waals surface area contributed by atoms with Crippen LogP contribution in [-0.2, 0) is 10.2 Å². The van der Waals surface area contributed by atoms with E-state index in [0.717, 1.165) is 24.8 Å². The molecule has 1 saturated carbocycles. The molecular formula is C19H24N2OS. The number of rotatable bonds is 6. The Labute approximate surface area is 142 Å². The van der Waals surface area contributed by atoms with Gasteiger partial charge in [0.2, 0.25) is 5.91 Å². The van der Waals surface area contributed by atoms with Crippen molar-refractivity contribution in [3.63, 3.8) is 0 Å². The maximum atomic E-state index is 12.9. The SMILES string of the molecule is CN(C)C(CNC(=O)C1(c2ccccc2)CCC1)c1cccs1. The second kappa shape index (κ2) is 6.85. The number of nitrogens with zero attached hydrogens (tertiary/aromatic N) is 1. The van der Waals surface area contributed by atoms with Gasteiger partial charge in [-0.2, -0.15) is 0 Å². The quantitative estimate of drug-likeness (QED) is 0.879. The summed E-state index contributed by atoms with van der Waals surface area (Å²) >= 11 is 1.74. The van der Waals surface area contributed by atoms with Gasteiger partial charge in [-0.1, -0.05) is 42.8 Å². The third-order valence-electron chi connectivity index (χ3n) is 4.92. The summed E-state index contributed by atoms with van der Waals surface area (Å²) in [6, 6.07) is 14.7. The summed E-state index contributed by atoms with van der Waals surface area (Å²) in [5, 5.41) is 5.31. The molecule has 0 aliphatic heterocycles. The average molecular weight is 328 g/mol. The molecule has 1 aliphatic carbocycles. The van der Waals surface area contributed by atoms with E-state index >= 15 is 0 Å². The fourth-order valence-electron chi connectivity index (χ4n) is 3.31. The maximum Gasteiger partial charge on any atom is 0.230 e. The van der Waals surface area contributed by atoms with Crippen LogP contribution in [0.25, 0.3) is 0 Å². The van der Waals surface area contributed by atoms with E-state index in [1.165, 1.54) is 4.88 Å². The largest absolute Gasteiger partial charge is 0.353 e.